The lowest BCUT2D eigenvalue weighted by Gasteiger charge is -2.37. The van der Waals surface area contributed by atoms with Crippen molar-refractivity contribution in [2.75, 3.05) is 0 Å². The molecule has 5 nitrogen and oxygen atoms in total. The molecule has 0 aromatic carbocycles. The van der Waals surface area contributed by atoms with Crippen LogP contribution in [0.2, 0.25) is 0 Å². The average molecular weight is 303 g/mol. The molecule has 5 heteroatoms. The smallest absolute Gasteiger partial charge is 0.307 e. The van der Waals surface area contributed by atoms with Gasteiger partial charge in [-0.25, -0.2) is 9.67 Å². The van der Waals surface area contributed by atoms with Gasteiger partial charge in [-0.1, -0.05) is 25.7 Å². The van der Waals surface area contributed by atoms with Crippen LogP contribution in [0, 0.1) is 0 Å². The van der Waals surface area contributed by atoms with Gasteiger partial charge in [-0.3, -0.25) is 4.79 Å². The Balaban J connectivity index is 1.65. The molecule has 120 valence electrons. The lowest BCUT2D eigenvalue weighted by Crippen LogP contribution is -2.38. The molecule has 1 unspecified atom stereocenters. The third kappa shape index (κ3) is 2.34. The minimum Gasteiger partial charge on any atom is -0.458 e. The summed E-state index contributed by atoms with van der Waals surface area (Å²) in [7, 11) is 0. The second-order valence-corrected chi connectivity index (χ2v) is 7.21. The third-order valence-corrected chi connectivity index (χ3v) is 5.86. The number of carbonyl (C=O) groups is 1. The van der Waals surface area contributed by atoms with Crippen LogP contribution in [0.1, 0.15) is 88.4 Å². The van der Waals surface area contributed by atoms with E-state index in [0.717, 1.165) is 31.5 Å². The Labute approximate surface area is 131 Å². The summed E-state index contributed by atoms with van der Waals surface area (Å²) in [6.45, 7) is 0. The molecule has 1 atom stereocenters. The van der Waals surface area contributed by atoms with Gasteiger partial charge in [0.15, 0.2) is 0 Å². The number of hydrogen-bond acceptors (Lipinski definition) is 4. The van der Waals surface area contributed by atoms with Gasteiger partial charge < -0.3 is 4.74 Å². The van der Waals surface area contributed by atoms with Gasteiger partial charge in [0, 0.05) is 0 Å². The van der Waals surface area contributed by atoms with Crippen LogP contribution in [0.15, 0.2) is 6.33 Å². The minimum absolute atomic E-state index is 0.0508. The van der Waals surface area contributed by atoms with Crippen LogP contribution in [-0.2, 0) is 9.53 Å². The molecule has 2 heterocycles. The van der Waals surface area contributed by atoms with E-state index in [1.165, 1.54) is 38.5 Å². The van der Waals surface area contributed by atoms with Gasteiger partial charge in [-0.05, 0) is 38.5 Å². The van der Waals surface area contributed by atoms with Crippen molar-refractivity contribution in [3.8, 4) is 0 Å². The Morgan fingerprint density at radius 2 is 1.82 bits per heavy atom. The van der Waals surface area contributed by atoms with Crippen LogP contribution in [-0.4, -0.2) is 26.3 Å². The van der Waals surface area contributed by atoms with Gasteiger partial charge in [-0.2, -0.15) is 5.10 Å². The van der Waals surface area contributed by atoms with Crippen LogP contribution in [0.25, 0.3) is 0 Å². The molecule has 1 aliphatic heterocycles. The van der Waals surface area contributed by atoms with Gasteiger partial charge in [0.05, 0.1) is 18.4 Å². The van der Waals surface area contributed by atoms with Crippen LogP contribution >= 0.6 is 0 Å². The Kier molecular flexibility index (Phi) is 3.66. The first kappa shape index (κ1) is 14.2. The lowest BCUT2D eigenvalue weighted by atomic mass is 9.75. The van der Waals surface area contributed by atoms with Crippen molar-refractivity contribution in [2.45, 2.75) is 88.2 Å². The number of nitrogens with zero attached hydrogens (tertiary/aromatic N) is 3. The lowest BCUT2D eigenvalue weighted by molar-refractivity contribution is -0.151. The third-order valence-electron chi connectivity index (χ3n) is 5.86. The molecule has 1 spiro atoms. The van der Waals surface area contributed by atoms with Crippen LogP contribution in [0.3, 0.4) is 0 Å². The summed E-state index contributed by atoms with van der Waals surface area (Å²) >= 11 is 0. The second kappa shape index (κ2) is 5.67. The Bertz CT molecular complexity index is 542. The predicted octanol–water partition coefficient (Wildman–Crippen LogP) is 3.52. The summed E-state index contributed by atoms with van der Waals surface area (Å²) in [4.78, 5) is 16.6. The fourth-order valence-electron chi connectivity index (χ4n) is 4.74. The highest BCUT2D eigenvalue weighted by atomic mass is 16.6. The Hall–Kier alpha value is -1.39. The molecule has 1 aromatic rings. The largest absolute Gasteiger partial charge is 0.458 e. The summed E-state index contributed by atoms with van der Waals surface area (Å²) in [5, 5.41) is 4.53. The summed E-state index contributed by atoms with van der Waals surface area (Å²) in [5.41, 5.74) is -0.297. The van der Waals surface area contributed by atoms with Gasteiger partial charge >= 0.3 is 5.97 Å². The van der Waals surface area contributed by atoms with E-state index in [1.807, 2.05) is 0 Å². The van der Waals surface area contributed by atoms with Crippen molar-refractivity contribution < 1.29 is 9.53 Å². The minimum atomic E-state index is -0.297. The summed E-state index contributed by atoms with van der Waals surface area (Å²) in [5.74, 6) is 1.05. The molecular weight excluding hydrogens is 278 g/mol. The number of esters is 1. The van der Waals surface area contributed by atoms with Crippen molar-refractivity contribution in [1.29, 1.82) is 0 Å². The normalized spacial score (nSPS) is 28.9. The molecule has 1 aromatic heterocycles. The average Bonchev–Trinajstić information content (AvgIpc) is 3.14. The quantitative estimate of drug-likeness (QED) is 0.784. The van der Waals surface area contributed by atoms with Crippen molar-refractivity contribution in [1.82, 2.24) is 14.8 Å². The molecule has 0 bridgehead atoms. The van der Waals surface area contributed by atoms with E-state index in [9.17, 15) is 4.79 Å². The highest BCUT2D eigenvalue weighted by Gasteiger charge is 2.52. The van der Waals surface area contributed by atoms with E-state index in [2.05, 4.69) is 14.8 Å². The molecule has 0 N–H and O–H groups in total. The monoisotopic (exact) mass is 303 g/mol. The number of ether oxygens (including phenoxy) is 1. The standard InChI is InChI=1S/C17H25N3O2/c21-15-11-14(17(22-15)9-5-2-6-10-17)16-18-12-19-20(16)13-7-3-1-4-8-13/h12-14H,1-11H2. The highest BCUT2D eigenvalue weighted by molar-refractivity contribution is 5.74. The number of rotatable bonds is 2. The summed E-state index contributed by atoms with van der Waals surface area (Å²) in [6.07, 6.45) is 13.9. The first-order chi connectivity index (χ1) is 10.8. The topological polar surface area (TPSA) is 57.0 Å². The molecule has 2 saturated carbocycles. The van der Waals surface area contributed by atoms with Crippen molar-refractivity contribution in [3.05, 3.63) is 12.2 Å². The van der Waals surface area contributed by atoms with E-state index >= 15 is 0 Å². The van der Waals surface area contributed by atoms with E-state index in [0.29, 0.717) is 12.5 Å². The molecule has 0 radical (unpaired) electrons. The molecule has 22 heavy (non-hydrogen) atoms. The number of aromatic nitrogens is 3. The molecule has 0 amide bonds. The zero-order valence-electron chi connectivity index (χ0n) is 13.2. The molecule has 4 rings (SSSR count). The van der Waals surface area contributed by atoms with Crippen molar-refractivity contribution in [2.24, 2.45) is 0 Å². The second-order valence-electron chi connectivity index (χ2n) is 7.21. The fraction of sp³-hybridized carbons (Fsp3) is 0.824. The summed E-state index contributed by atoms with van der Waals surface area (Å²) < 4.78 is 7.98. The van der Waals surface area contributed by atoms with Gasteiger partial charge in [0.2, 0.25) is 0 Å². The first-order valence-corrected chi connectivity index (χ1v) is 8.90. The molecule has 2 aliphatic carbocycles. The van der Waals surface area contributed by atoms with Gasteiger partial charge in [0.1, 0.15) is 17.8 Å². The predicted molar refractivity (Wildman–Crippen MR) is 81.4 cm³/mol. The zero-order chi connectivity index (χ0) is 15.0. The van der Waals surface area contributed by atoms with Crippen molar-refractivity contribution >= 4 is 5.97 Å². The maximum Gasteiger partial charge on any atom is 0.307 e. The van der Waals surface area contributed by atoms with Crippen LogP contribution in [0.4, 0.5) is 0 Å². The SMILES string of the molecule is O=C1CC(c2ncnn2C2CCCCC2)C2(CCCCC2)O1. The Morgan fingerprint density at radius 1 is 1.09 bits per heavy atom. The highest BCUT2D eigenvalue weighted by Crippen LogP contribution is 2.49. The van der Waals surface area contributed by atoms with Crippen molar-refractivity contribution in [3.63, 3.8) is 0 Å². The summed E-state index contributed by atoms with van der Waals surface area (Å²) in [6, 6.07) is 0.461. The van der Waals surface area contributed by atoms with E-state index in [4.69, 9.17) is 4.74 Å². The number of hydrogen-bond donors (Lipinski definition) is 0. The Morgan fingerprint density at radius 3 is 2.59 bits per heavy atom. The van der Waals surface area contributed by atoms with Gasteiger partial charge in [0.25, 0.3) is 0 Å². The van der Waals surface area contributed by atoms with E-state index in [1.54, 1.807) is 6.33 Å². The molecule has 1 saturated heterocycles. The first-order valence-electron chi connectivity index (χ1n) is 8.90. The maximum absolute atomic E-state index is 12.0. The fourth-order valence-corrected chi connectivity index (χ4v) is 4.74. The number of carbonyl (C=O) groups excluding carboxylic acids is 1. The molecular formula is C17H25N3O2. The van der Waals surface area contributed by atoms with E-state index in [-0.39, 0.29) is 17.5 Å². The van der Waals surface area contributed by atoms with E-state index < -0.39 is 0 Å². The molecule has 3 aliphatic rings. The van der Waals surface area contributed by atoms with Crippen LogP contribution < -0.4 is 0 Å². The zero-order valence-corrected chi connectivity index (χ0v) is 13.2. The molecule has 3 fully saturated rings. The van der Waals surface area contributed by atoms with Crippen LogP contribution in [0.5, 0.6) is 0 Å². The van der Waals surface area contributed by atoms with Gasteiger partial charge in [-0.15, -0.1) is 0 Å². The maximum atomic E-state index is 12.0.